The Morgan fingerprint density at radius 2 is 1.73 bits per heavy atom. The van der Waals surface area contributed by atoms with Crippen molar-refractivity contribution in [3.8, 4) is 11.1 Å². The summed E-state index contributed by atoms with van der Waals surface area (Å²) in [5.74, 6) is -1.06. The number of nitrogens with one attached hydrogen (secondary N) is 1. The van der Waals surface area contributed by atoms with Crippen LogP contribution >= 0.6 is 11.3 Å². The molecule has 4 aromatic rings. The van der Waals surface area contributed by atoms with Gasteiger partial charge in [0.05, 0.1) is 16.5 Å². The molecule has 4 rings (SSSR count). The van der Waals surface area contributed by atoms with Gasteiger partial charge in [0.15, 0.2) is 0 Å². The van der Waals surface area contributed by atoms with Crippen molar-refractivity contribution in [3.05, 3.63) is 87.3 Å². The van der Waals surface area contributed by atoms with E-state index in [0.717, 1.165) is 33.6 Å². The third-order valence-electron chi connectivity index (χ3n) is 4.55. The van der Waals surface area contributed by atoms with E-state index in [9.17, 15) is 22.8 Å². The van der Waals surface area contributed by atoms with Crippen molar-refractivity contribution in [1.82, 2.24) is 9.66 Å². The normalized spacial score (nSPS) is 11.6. The van der Waals surface area contributed by atoms with Crippen LogP contribution in [0.2, 0.25) is 0 Å². The van der Waals surface area contributed by atoms with E-state index in [4.69, 9.17) is 0 Å². The van der Waals surface area contributed by atoms with Gasteiger partial charge in [-0.15, -0.1) is 11.3 Å². The summed E-state index contributed by atoms with van der Waals surface area (Å²) in [5, 5.41) is 0.301. The molecule has 0 saturated carbocycles. The number of amides is 1. The molecule has 152 valence electrons. The molecule has 1 N–H and O–H groups in total. The van der Waals surface area contributed by atoms with Crippen molar-refractivity contribution in [1.29, 1.82) is 0 Å². The average Bonchev–Trinajstić information content (AvgIpc) is 3.07. The second-order valence-electron chi connectivity index (χ2n) is 6.48. The molecule has 0 atom stereocenters. The summed E-state index contributed by atoms with van der Waals surface area (Å²) < 4.78 is 40.5. The van der Waals surface area contributed by atoms with E-state index >= 15 is 0 Å². The summed E-state index contributed by atoms with van der Waals surface area (Å²) in [6.07, 6.45) is -3.60. The zero-order chi connectivity index (χ0) is 21.5. The van der Waals surface area contributed by atoms with Crippen LogP contribution in [0.25, 0.3) is 21.3 Å². The van der Waals surface area contributed by atoms with Gasteiger partial charge in [0, 0.05) is 10.4 Å². The Morgan fingerprint density at radius 3 is 2.43 bits per heavy atom. The molecular weight excluding hydrogens is 415 g/mol. The van der Waals surface area contributed by atoms with Crippen LogP contribution < -0.4 is 11.0 Å². The van der Waals surface area contributed by atoms with Crippen molar-refractivity contribution in [2.24, 2.45) is 0 Å². The van der Waals surface area contributed by atoms with Gasteiger partial charge in [-0.25, -0.2) is 9.66 Å². The van der Waals surface area contributed by atoms with E-state index < -0.39 is 28.8 Å². The Kier molecular flexibility index (Phi) is 4.90. The fraction of sp³-hybridized carbons (Fsp3) is 0.0952. The maximum Gasteiger partial charge on any atom is 0.417 e. The van der Waals surface area contributed by atoms with Gasteiger partial charge >= 0.3 is 6.18 Å². The van der Waals surface area contributed by atoms with Crippen molar-refractivity contribution in [2.45, 2.75) is 13.1 Å². The number of halogens is 3. The Morgan fingerprint density at radius 1 is 1.07 bits per heavy atom. The van der Waals surface area contributed by atoms with Crippen LogP contribution in [0.5, 0.6) is 0 Å². The molecule has 1 amide bonds. The molecule has 0 fully saturated rings. The van der Waals surface area contributed by atoms with Crippen molar-refractivity contribution >= 4 is 27.5 Å². The summed E-state index contributed by atoms with van der Waals surface area (Å²) in [6, 6.07) is 13.6. The number of aryl methyl sites for hydroxylation is 1. The van der Waals surface area contributed by atoms with Gasteiger partial charge in [-0.05, 0) is 24.6 Å². The second-order valence-corrected chi connectivity index (χ2v) is 7.69. The van der Waals surface area contributed by atoms with Gasteiger partial charge in [-0.1, -0.05) is 42.5 Å². The molecule has 5 nitrogen and oxygen atoms in total. The predicted octanol–water partition coefficient (Wildman–Crippen LogP) is 4.84. The molecule has 0 unspecified atom stereocenters. The minimum Gasteiger partial charge on any atom is -0.267 e. The van der Waals surface area contributed by atoms with E-state index in [1.54, 1.807) is 0 Å². The van der Waals surface area contributed by atoms with Crippen LogP contribution in [0.4, 0.5) is 13.2 Å². The van der Waals surface area contributed by atoms with E-state index in [1.165, 1.54) is 23.5 Å². The topological polar surface area (TPSA) is 64.0 Å². The van der Waals surface area contributed by atoms with Crippen LogP contribution in [0, 0.1) is 6.92 Å². The standard InChI is InChI=1S/C21H14F3N3O2S/c1-12-16(13-7-3-2-4-8-13)17-19(30-12)25-11-27(20(17)29)26-18(28)14-9-5-6-10-15(14)21(22,23)24/h2-11H,1H3,(H,26,28). The van der Waals surface area contributed by atoms with Crippen LogP contribution in [-0.4, -0.2) is 15.6 Å². The molecule has 0 bridgehead atoms. The zero-order valence-corrected chi connectivity index (χ0v) is 16.3. The van der Waals surface area contributed by atoms with Gasteiger partial charge in [-0.3, -0.25) is 15.0 Å². The third kappa shape index (κ3) is 3.48. The number of benzene rings is 2. The van der Waals surface area contributed by atoms with E-state index in [1.807, 2.05) is 37.3 Å². The molecule has 2 aromatic heterocycles. The highest BCUT2D eigenvalue weighted by atomic mass is 32.1. The van der Waals surface area contributed by atoms with Gasteiger partial charge in [-0.2, -0.15) is 13.2 Å². The lowest BCUT2D eigenvalue weighted by atomic mass is 10.0. The lowest BCUT2D eigenvalue weighted by molar-refractivity contribution is -0.137. The number of fused-ring (bicyclic) bond motifs is 1. The number of aromatic nitrogens is 2. The highest BCUT2D eigenvalue weighted by Gasteiger charge is 2.35. The van der Waals surface area contributed by atoms with Crippen molar-refractivity contribution in [2.75, 3.05) is 5.43 Å². The smallest absolute Gasteiger partial charge is 0.267 e. The Labute approximate surface area is 172 Å². The first kappa shape index (κ1) is 19.8. The number of carbonyl (C=O) groups is 1. The Bertz CT molecular complexity index is 1310. The van der Waals surface area contributed by atoms with Gasteiger partial charge in [0.1, 0.15) is 11.2 Å². The minimum absolute atomic E-state index is 0.301. The number of rotatable bonds is 3. The quantitative estimate of drug-likeness (QED) is 0.507. The number of alkyl halides is 3. The first-order valence-electron chi connectivity index (χ1n) is 8.81. The molecule has 0 saturated heterocycles. The van der Waals surface area contributed by atoms with Crippen molar-refractivity contribution < 1.29 is 18.0 Å². The Hall–Kier alpha value is -3.46. The van der Waals surface area contributed by atoms with Gasteiger partial charge < -0.3 is 0 Å². The highest BCUT2D eigenvalue weighted by molar-refractivity contribution is 7.19. The lowest BCUT2D eigenvalue weighted by Gasteiger charge is -2.13. The Balaban J connectivity index is 1.80. The predicted molar refractivity (Wildman–Crippen MR) is 109 cm³/mol. The molecule has 2 aromatic carbocycles. The van der Waals surface area contributed by atoms with Crippen LogP contribution in [-0.2, 0) is 6.18 Å². The molecule has 9 heteroatoms. The highest BCUT2D eigenvalue weighted by Crippen LogP contribution is 2.35. The fourth-order valence-electron chi connectivity index (χ4n) is 3.23. The SMILES string of the molecule is Cc1sc2ncn(NC(=O)c3ccccc3C(F)(F)F)c(=O)c2c1-c1ccccc1. The lowest BCUT2D eigenvalue weighted by Crippen LogP contribution is -2.34. The summed E-state index contributed by atoms with van der Waals surface area (Å²) in [5.41, 5.74) is 1.49. The second kappa shape index (κ2) is 7.42. The summed E-state index contributed by atoms with van der Waals surface area (Å²) in [6.45, 7) is 1.86. The number of thiophene rings is 1. The molecule has 2 heterocycles. The maximum atomic E-state index is 13.2. The molecule has 0 aliphatic carbocycles. The number of nitrogens with zero attached hydrogens (tertiary/aromatic N) is 2. The first-order valence-corrected chi connectivity index (χ1v) is 9.63. The number of hydrogen-bond donors (Lipinski definition) is 1. The fourth-order valence-corrected chi connectivity index (χ4v) is 4.24. The minimum atomic E-state index is -4.70. The van der Waals surface area contributed by atoms with Gasteiger partial charge in [0.25, 0.3) is 11.5 Å². The summed E-state index contributed by atoms with van der Waals surface area (Å²) in [7, 11) is 0. The third-order valence-corrected chi connectivity index (χ3v) is 5.56. The molecule has 0 aliphatic heterocycles. The average molecular weight is 429 g/mol. The molecule has 0 spiro atoms. The van der Waals surface area contributed by atoms with E-state index in [-0.39, 0.29) is 0 Å². The number of carbonyl (C=O) groups excluding carboxylic acids is 1. The van der Waals surface area contributed by atoms with Gasteiger partial charge in [0.2, 0.25) is 0 Å². The van der Waals surface area contributed by atoms with Crippen molar-refractivity contribution in [3.63, 3.8) is 0 Å². The summed E-state index contributed by atoms with van der Waals surface area (Å²) >= 11 is 1.33. The monoisotopic (exact) mass is 429 g/mol. The largest absolute Gasteiger partial charge is 0.417 e. The van der Waals surface area contributed by atoms with Crippen LogP contribution in [0.1, 0.15) is 20.8 Å². The summed E-state index contributed by atoms with van der Waals surface area (Å²) in [4.78, 5) is 31.2. The van der Waals surface area contributed by atoms with Crippen LogP contribution in [0.3, 0.4) is 0 Å². The maximum absolute atomic E-state index is 13.2. The number of hydrogen-bond acceptors (Lipinski definition) is 4. The van der Waals surface area contributed by atoms with E-state index in [2.05, 4.69) is 10.4 Å². The molecule has 30 heavy (non-hydrogen) atoms. The van der Waals surface area contributed by atoms with E-state index in [0.29, 0.717) is 15.8 Å². The molecule has 0 radical (unpaired) electrons. The molecular formula is C21H14F3N3O2S. The van der Waals surface area contributed by atoms with Crippen LogP contribution in [0.15, 0.2) is 65.7 Å². The first-order chi connectivity index (χ1) is 14.3. The molecule has 0 aliphatic rings. The zero-order valence-electron chi connectivity index (χ0n) is 15.5.